The molecule has 0 N–H and O–H groups in total. The fraction of sp³-hybridized carbons (Fsp3) is 0.304. The number of aromatic nitrogens is 1. The van der Waals surface area contributed by atoms with Crippen LogP contribution in [0, 0.1) is 20.8 Å². The quantitative estimate of drug-likeness (QED) is 0.568. The Labute approximate surface area is 177 Å². The third kappa shape index (κ3) is 4.79. The molecule has 6 nitrogen and oxygen atoms in total. The number of carbonyl (C=O) groups is 1. The minimum absolute atomic E-state index is 0.0736. The lowest BCUT2D eigenvalue weighted by atomic mass is 10.1. The summed E-state index contributed by atoms with van der Waals surface area (Å²) >= 11 is 0. The van der Waals surface area contributed by atoms with Gasteiger partial charge in [-0.1, -0.05) is 47.6 Å². The van der Waals surface area contributed by atoms with Crippen LogP contribution in [-0.2, 0) is 21.2 Å². The van der Waals surface area contributed by atoms with Crippen molar-refractivity contribution < 1.29 is 17.7 Å². The zero-order chi connectivity index (χ0) is 21.9. The lowest BCUT2D eigenvalue weighted by Gasteiger charge is -2.17. The first kappa shape index (κ1) is 21.8. The van der Waals surface area contributed by atoms with Crippen LogP contribution in [0.2, 0.25) is 0 Å². The van der Waals surface area contributed by atoms with Gasteiger partial charge in [-0.15, -0.1) is 0 Å². The molecule has 0 saturated heterocycles. The highest BCUT2D eigenvalue weighted by atomic mass is 32.2. The van der Waals surface area contributed by atoms with Gasteiger partial charge < -0.3 is 9.42 Å². The average molecular weight is 427 g/mol. The van der Waals surface area contributed by atoms with Crippen molar-refractivity contribution in [2.24, 2.45) is 0 Å². The van der Waals surface area contributed by atoms with E-state index in [1.165, 1.54) is 0 Å². The van der Waals surface area contributed by atoms with E-state index in [4.69, 9.17) is 4.52 Å². The average Bonchev–Trinajstić information content (AvgIpc) is 3.06. The van der Waals surface area contributed by atoms with E-state index >= 15 is 0 Å². The largest absolute Gasteiger partial charge is 0.356 e. The van der Waals surface area contributed by atoms with Crippen molar-refractivity contribution in [3.63, 3.8) is 0 Å². The van der Waals surface area contributed by atoms with Crippen LogP contribution in [0.25, 0.3) is 11.3 Å². The highest BCUT2D eigenvalue weighted by Gasteiger charge is 2.22. The van der Waals surface area contributed by atoms with Crippen LogP contribution in [0.5, 0.6) is 0 Å². The standard InChI is InChI=1S/C23H26N2O4S/c1-16-10-11-20(23-17(2)18(3)24-29-23)14-21(16)30(27,28)13-12-22(26)25(4)15-19-8-6-5-7-9-19/h5-11,14H,12-13,15H2,1-4H3. The SMILES string of the molecule is Cc1ccc(-c2onc(C)c2C)cc1S(=O)(=O)CCC(=O)N(C)Cc1ccccc1. The normalized spacial score (nSPS) is 11.5. The van der Waals surface area contributed by atoms with Crippen LogP contribution in [0.1, 0.15) is 28.8 Å². The molecule has 0 radical (unpaired) electrons. The first-order chi connectivity index (χ1) is 14.2. The van der Waals surface area contributed by atoms with Crippen molar-refractivity contribution in [3.8, 4) is 11.3 Å². The third-order valence-corrected chi connectivity index (χ3v) is 7.07. The van der Waals surface area contributed by atoms with Gasteiger partial charge in [-0.05, 0) is 38.0 Å². The van der Waals surface area contributed by atoms with Crippen molar-refractivity contribution in [3.05, 3.63) is 70.9 Å². The van der Waals surface area contributed by atoms with Crippen LogP contribution in [-0.4, -0.2) is 37.2 Å². The summed E-state index contributed by atoms with van der Waals surface area (Å²) in [6.07, 6.45) is -0.0736. The molecule has 0 bridgehead atoms. The maximum Gasteiger partial charge on any atom is 0.223 e. The van der Waals surface area contributed by atoms with E-state index in [-0.39, 0.29) is 23.0 Å². The number of carbonyl (C=O) groups excluding carboxylic acids is 1. The Hall–Kier alpha value is -2.93. The third-order valence-electron chi connectivity index (χ3n) is 5.22. The van der Waals surface area contributed by atoms with E-state index in [1.807, 2.05) is 50.2 Å². The first-order valence-corrected chi connectivity index (χ1v) is 11.4. The fourth-order valence-corrected chi connectivity index (χ4v) is 4.76. The van der Waals surface area contributed by atoms with E-state index in [2.05, 4.69) is 5.16 Å². The number of hydrogen-bond donors (Lipinski definition) is 0. The monoisotopic (exact) mass is 426 g/mol. The van der Waals surface area contributed by atoms with Gasteiger partial charge in [0, 0.05) is 31.1 Å². The van der Waals surface area contributed by atoms with Crippen molar-refractivity contribution in [2.45, 2.75) is 38.6 Å². The Kier molecular flexibility index (Phi) is 6.41. The zero-order valence-corrected chi connectivity index (χ0v) is 18.5. The number of rotatable bonds is 7. The molecule has 30 heavy (non-hydrogen) atoms. The van der Waals surface area contributed by atoms with Gasteiger partial charge in [0.2, 0.25) is 5.91 Å². The molecule has 2 aromatic carbocycles. The molecule has 1 heterocycles. The van der Waals surface area contributed by atoms with Crippen molar-refractivity contribution in [2.75, 3.05) is 12.8 Å². The molecule has 0 fully saturated rings. The van der Waals surface area contributed by atoms with Crippen LogP contribution in [0.3, 0.4) is 0 Å². The van der Waals surface area contributed by atoms with Crippen LogP contribution in [0.4, 0.5) is 0 Å². The molecule has 0 unspecified atom stereocenters. The minimum Gasteiger partial charge on any atom is -0.356 e. The summed E-state index contributed by atoms with van der Waals surface area (Å²) in [6, 6.07) is 14.8. The number of nitrogens with zero attached hydrogens (tertiary/aromatic N) is 2. The summed E-state index contributed by atoms with van der Waals surface area (Å²) in [5.41, 5.74) is 3.93. The Morgan fingerprint density at radius 3 is 2.40 bits per heavy atom. The molecular formula is C23H26N2O4S. The van der Waals surface area contributed by atoms with Gasteiger partial charge in [0.1, 0.15) is 0 Å². The van der Waals surface area contributed by atoms with Crippen molar-refractivity contribution >= 4 is 15.7 Å². The lowest BCUT2D eigenvalue weighted by molar-refractivity contribution is -0.130. The van der Waals surface area contributed by atoms with E-state index in [0.29, 0.717) is 23.4 Å². The Bertz CT molecular complexity index is 1150. The van der Waals surface area contributed by atoms with Gasteiger partial charge in [-0.2, -0.15) is 0 Å². The van der Waals surface area contributed by atoms with Crippen LogP contribution in [0.15, 0.2) is 57.9 Å². The summed E-state index contributed by atoms with van der Waals surface area (Å²) < 4.78 is 31.4. The van der Waals surface area contributed by atoms with Crippen molar-refractivity contribution in [1.29, 1.82) is 0 Å². The van der Waals surface area contributed by atoms with E-state index in [9.17, 15) is 13.2 Å². The van der Waals surface area contributed by atoms with E-state index < -0.39 is 9.84 Å². The lowest BCUT2D eigenvalue weighted by Crippen LogP contribution is -2.28. The Morgan fingerprint density at radius 2 is 1.77 bits per heavy atom. The number of amides is 1. The minimum atomic E-state index is -3.64. The fourth-order valence-electron chi connectivity index (χ4n) is 3.23. The second kappa shape index (κ2) is 8.83. The molecule has 0 saturated carbocycles. The molecule has 0 atom stereocenters. The van der Waals surface area contributed by atoms with E-state index in [1.54, 1.807) is 31.0 Å². The number of sulfone groups is 1. The highest BCUT2D eigenvalue weighted by Crippen LogP contribution is 2.29. The molecule has 0 aliphatic carbocycles. The smallest absolute Gasteiger partial charge is 0.223 e. The molecule has 3 rings (SSSR count). The van der Waals surface area contributed by atoms with Crippen molar-refractivity contribution in [1.82, 2.24) is 10.1 Å². The predicted octanol–water partition coefficient (Wildman–Crippen LogP) is 4.09. The van der Waals surface area contributed by atoms with Gasteiger partial charge >= 0.3 is 0 Å². The summed E-state index contributed by atoms with van der Waals surface area (Å²) in [5, 5.41) is 3.95. The topological polar surface area (TPSA) is 80.5 Å². The number of hydrogen-bond acceptors (Lipinski definition) is 5. The van der Waals surface area contributed by atoms with Gasteiger partial charge in [-0.25, -0.2) is 8.42 Å². The summed E-state index contributed by atoms with van der Waals surface area (Å²) in [6.45, 7) is 5.92. The maximum absolute atomic E-state index is 13.0. The molecule has 1 amide bonds. The summed E-state index contributed by atoms with van der Waals surface area (Å²) in [5.74, 6) is 0.101. The number of aryl methyl sites for hydroxylation is 2. The number of benzene rings is 2. The molecule has 0 spiro atoms. The van der Waals surface area contributed by atoms with Gasteiger partial charge in [-0.3, -0.25) is 4.79 Å². The summed E-state index contributed by atoms with van der Waals surface area (Å²) in [4.78, 5) is 14.2. The second-order valence-corrected chi connectivity index (χ2v) is 9.58. The molecule has 0 aliphatic rings. The zero-order valence-electron chi connectivity index (χ0n) is 17.7. The van der Waals surface area contributed by atoms with Crippen LogP contribution >= 0.6 is 0 Å². The maximum atomic E-state index is 13.0. The molecule has 158 valence electrons. The molecule has 3 aromatic rings. The first-order valence-electron chi connectivity index (χ1n) is 9.73. The molecule has 1 aromatic heterocycles. The highest BCUT2D eigenvalue weighted by molar-refractivity contribution is 7.91. The molecule has 7 heteroatoms. The second-order valence-electron chi connectivity index (χ2n) is 7.51. The van der Waals surface area contributed by atoms with E-state index in [0.717, 1.165) is 16.8 Å². The van der Waals surface area contributed by atoms with Gasteiger partial charge in [0.05, 0.1) is 16.3 Å². The molecular weight excluding hydrogens is 400 g/mol. The van der Waals surface area contributed by atoms with Gasteiger partial charge in [0.15, 0.2) is 15.6 Å². The van der Waals surface area contributed by atoms with Gasteiger partial charge in [0.25, 0.3) is 0 Å². The Balaban J connectivity index is 1.74. The molecule has 0 aliphatic heterocycles. The Morgan fingerprint density at radius 1 is 1.07 bits per heavy atom. The summed E-state index contributed by atoms with van der Waals surface area (Å²) in [7, 11) is -1.96. The van der Waals surface area contributed by atoms with Crippen LogP contribution < -0.4 is 0 Å². The predicted molar refractivity (Wildman–Crippen MR) is 116 cm³/mol.